The van der Waals surface area contributed by atoms with Crippen LogP contribution < -0.4 is 10.6 Å². The predicted molar refractivity (Wildman–Crippen MR) is 64.9 cm³/mol. The second-order valence-electron chi connectivity index (χ2n) is 4.13. The zero-order valence-corrected chi connectivity index (χ0v) is 9.88. The predicted octanol–water partition coefficient (Wildman–Crippen LogP) is 1.27. The molecule has 0 saturated carbocycles. The fraction of sp³-hybridized carbons (Fsp3) is 0.455. The van der Waals surface area contributed by atoms with Crippen molar-refractivity contribution in [2.45, 2.75) is 13.8 Å². The van der Waals surface area contributed by atoms with Crippen molar-refractivity contribution in [3.8, 4) is 0 Å². The normalized spacial score (nSPS) is 11.9. The molecule has 0 fully saturated rings. The van der Waals surface area contributed by atoms with Gasteiger partial charge in [-0.05, 0) is 18.1 Å². The maximum Gasteiger partial charge on any atom is 0.173 e. The third-order valence-corrected chi connectivity index (χ3v) is 2.17. The minimum atomic E-state index is 0.0821. The molecule has 0 aromatic carbocycles. The third-order valence-electron chi connectivity index (χ3n) is 2.17. The van der Waals surface area contributed by atoms with E-state index in [1.165, 1.54) is 0 Å². The molecule has 1 aromatic rings. The Hall–Kier alpha value is -1.78. The molecule has 0 atom stereocenters. The number of nitrogens with two attached hydrogens (primary N) is 1. The molecule has 1 aromatic heterocycles. The average molecular weight is 222 g/mol. The van der Waals surface area contributed by atoms with Gasteiger partial charge in [-0.1, -0.05) is 19.0 Å². The Kier molecular flexibility index (Phi) is 4.10. The maximum absolute atomic E-state index is 8.69. The van der Waals surface area contributed by atoms with Crippen molar-refractivity contribution in [3.05, 3.63) is 23.9 Å². The molecule has 1 rings (SSSR count). The Morgan fingerprint density at radius 1 is 1.62 bits per heavy atom. The highest BCUT2D eigenvalue weighted by Gasteiger charge is 2.12. The van der Waals surface area contributed by atoms with Gasteiger partial charge in [-0.3, -0.25) is 0 Å². The van der Waals surface area contributed by atoms with Gasteiger partial charge >= 0.3 is 0 Å². The van der Waals surface area contributed by atoms with Crippen molar-refractivity contribution >= 4 is 11.7 Å². The highest BCUT2D eigenvalue weighted by molar-refractivity contribution is 6.01. The van der Waals surface area contributed by atoms with Crippen LogP contribution >= 0.6 is 0 Å². The number of hydrogen-bond acceptors (Lipinski definition) is 4. The van der Waals surface area contributed by atoms with Crippen LogP contribution in [0, 0.1) is 5.92 Å². The lowest BCUT2D eigenvalue weighted by atomic mass is 10.2. The molecule has 5 nitrogen and oxygen atoms in total. The van der Waals surface area contributed by atoms with Crippen molar-refractivity contribution in [2.75, 3.05) is 18.5 Å². The lowest BCUT2D eigenvalue weighted by Crippen LogP contribution is -2.27. The van der Waals surface area contributed by atoms with Crippen molar-refractivity contribution in [1.29, 1.82) is 0 Å². The molecule has 0 amide bonds. The topological polar surface area (TPSA) is 74.7 Å². The van der Waals surface area contributed by atoms with E-state index >= 15 is 0 Å². The Balaban J connectivity index is 3.03. The number of aromatic nitrogens is 1. The monoisotopic (exact) mass is 222 g/mol. The number of hydrogen-bond donors (Lipinski definition) is 2. The molecule has 0 aliphatic carbocycles. The first kappa shape index (κ1) is 12.3. The second-order valence-corrected chi connectivity index (χ2v) is 4.13. The summed E-state index contributed by atoms with van der Waals surface area (Å²) in [5, 5.41) is 11.7. The van der Waals surface area contributed by atoms with Gasteiger partial charge in [0.25, 0.3) is 0 Å². The average Bonchev–Trinajstić information content (AvgIpc) is 2.27. The lowest BCUT2D eigenvalue weighted by Gasteiger charge is -2.22. The summed E-state index contributed by atoms with van der Waals surface area (Å²) in [7, 11) is 1.94. The highest BCUT2D eigenvalue weighted by atomic mass is 16.4. The molecular weight excluding hydrogens is 204 g/mol. The van der Waals surface area contributed by atoms with E-state index < -0.39 is 0 Å². The van der Waals surface area contributed by atoms with Crippen molar-refractivity contribution < 1.29 is 5.21 Å². The van der Waals surface area contributed by atoms with E-state index in [-0.39, 0.29) is 5.84 Å². The molecule has 0 bridgehead atoms. The summed E-state index contributed by atoms with van der Waals surface area (Å²) in [6.07, 6.45) is 1.69. The Labute approximate surface area is 95.6 Å². The summed E-state index contributed by atoms with van der Waals surface area (Å²) < 4.78 is 0. The summed E-state index contributed by atoms with van der Waals surface area (Å²) in [5.74, 6) is 1.33. The van der Waals surface area contributed by atoms with E-state index in [1.807, 2.05) is 11.9 Å². The van der Waals surface area contributed by atoms with Crippen LogP contribution in [0.4, 0.5) is 5.82 Å². The van der Waals surface area contributed by atoms with E-state index in [9.17, 15) is 0 Å². The fourth-order valence-corrected chi connectivity index (χ4v) is 1.59. The molecule has 0 aliphatic heterocycles. The highest BCUT2D eigenvalue weighted by Crippen LogP contribution is 2.16. The number of nitrogens with zero attached hydrogens (tertiary/aromatic N) is 3. The Morgan fingerprint density at radius 2 is 2.31 bits per heavy atom. The van der Waals surface area contributed by atoms with Crippen molar-refractivity contribution in [2.24, 2.45) is 16.8 Å². The molecule has 0 saturated heterocycles. The van der Waals surface area contributed by atoms with E-state index in [4.69, 9.17) is 10.9 Å². The number of amidine groups is 1. The molecule has 0 radical (unpaired) electrons. The summed E-state index contributed by atoms with van der Waals surface area (Å²) in [5.41, 5.74) is 6.24. The van der Waals surface area contributed by atoms with Gasteiger partial charge < -0.3 is 15.8 Å². The van der Waals surface area contributed by atoms with Crippen LogP contribution in [0.15, 0.2) is 23.5 Å². The van der Waals surface area contributed by atoms with Gasteiger partial charge in [0, 0.05) is 19.8 Å². The van der Waals surface area contributed by atoms with Gasteiger partial charge in [-0.15, -0.1) is 0 Å². The third kappa shape index (κ3) is 2.85. The van der Waals surface area contributed by atoms with E-state index in [2.05, 4.69) is 24.0 Å². The summed E-state index contributed by atoms with van der Waals surface area (Å²) >= 11 is 0. The summed E-state index contributed by atoms with van der Waals surface area (Å²) in [6, 6.07) is 3.55. The maximum atomic E-state index is 8.69. The molecule has 0 unspecified atom stereocenters. The zero-order valence-electron chi connectivity index (χ0n) is 9.88. The summed E-state index contributed by atoms with van der Waals surface area (Å²) in [6.45, 7) is 5.12. The van der Waals surface area contributed by atoms with Gasteiger partial charge in [-0.2, -0.15) is 0 Å². The molecule has 0 aliphatic rings. The van der Waals surface area contributed by atoms with Crippen LogP contribution in [0.3, 0.4) is 0 Å². The number of rotatable bonds is 4. The van der Waals surface area contributed by atoms with E-state index in [1.54, 1.807) is 18.3 Å². The van der Waals surface area contributed by atoms with Crippen LogP contribution in [0.5, 0.6) is 0 Å². The minimum absolute atomic E-state index is 0.0821. The Bertz CT molecular complexity index is 376. The molecule has 0 spiro atoms. The van der Waals surface area contributed by atoms with Crippen LogP contribution in [0.2, 0.25) is 0 Å². The quantitative estimate of drug-likeness (QED) is 0.348. The van der Waals surface area contributed by atoms with Gasteiger partial charge in [-0.25, -0.2) is 4.98 Å². The van der Waals surface area contributed by atoms with E-state index in [0.717, 1.165) is 12.4 Å². The number of oxime groups is 1. The first-order valence-corrected chi connectivity index (χ1v) is 5.20. The van der Waals surface area contributed by atoms with E-state index in [0.29, 0.717) is 11.5 Å². The molecule has 5 heteroatoms. The van der Waals surface area contributed by atoms with Crippen LogP contribution in [0.25, 0.3) is 0 Å². The number of pyridine rings is 1. The molecule has 16 heavy (non-hydrogen) atoms. The minimum Gasteiger partial charge on any atom is -0.409 e. The fourth-order valence-electron chi connectivity index (χ4n) is 1.59. The Morgan fingerprint density at radius 3 is 2.88 bits per heavy atom. The summed E-state index contributed by atoms with van der Waals surface area (Å²) in [4.78, 5) is 6.25. The molecular formula is C11H18N4O. The van der Waals surface area contributed by atoms with Crippen LogP contribution in [0.1, 0.15) is 19.4 Å². The molecule has 88 valence electrons. The van der Waals surface area contributed by atoms with Gasteiger partial charge in [0.2, 0.25) is 0 Å². The van der Waals surface area contributed by atoms with Gasteiger partial charge in [0.1, 0.15) is 5.82 Å². The van der Waals surface area contributed by atoms with Gasteiger partial charge in [0.05, 0.1) is 5.56 Å². The lowest BCUT2D eigenvalue weighted by molar-refractivity contribution is 0.318. The SMILES string of the molecule is CC(C)CN(C)c1ncccc1/C(N)=N/O. The van der Waals surface area contributed by atoms with Gasteiger partial charge in [0.15, 0.2) is 5.84 Å². The molecule has 1 heterocycles. The standard InChI is InChI=1S/C11H18N4O/c1-8(2)7-15(3)11-9(10(12)14-16)5-4-6-13-11/h4-6,8,16H,7H2,1-3H3,(H2,12,14). The van der Waals surface area contributed by atoms with Crippen molar-refractivity contribution in [1.82, 2.24) is 4.98 Å². The van der Waals surface area contributed by atoms with Crippen molar-refractivity contribution in [3.63, 3.8) is 0 Å². The molecule has 3 N–H and O–H groups in total. The van der Waals surface area contributed by atoms with Crippen LogP contribution in [-0.2, 0) is 0 Å². The largest absolute Gasteiger partial charge is 0.409 e. The zero-order chi connectivity index (χ0) is 12.1. The smallest absolute Gasteiger partial charge is 0.173 e. The van der Waals surface area contributed by atoms with Crippen LogP contribution in [-0.4, -0.2) is 29.6 Å². The second kappa shape index (κ2) is 5.34. The number of anilines is 1. The first-order valence-electron chi connectivity index (χ1n) is 5.20. The first-order chi connectivity index (χ1) is 7.56.